The van der Waals surface area contributed by atoms with Crippen molar-refractivity contribution < 1.29 is 23.8 Å². The van der Waals surface area contributed by atoms with Gasteiger partial charge in [-0.05, 0) is 36.8 Å². The summed E-state index contributed by atoms with van der Waals surface area (Å²) in [6.45, 7) is 1.87. The summed E-state index contributed by atoms with van der Waals surface area (Å²) in [5.41, 5.74) is 0.778. The summed E-state index contributed by atoms with van der Waals surface area (Å²) in [6.07, 6.45) is 0.219. The molecule has 0 saturated carbocycles. The molecule has 3 rings (SSSR count). The molecule has 3 aromatic rings. The molecule has 26 heavy (non-hydrogen) atoms. The highest BCUT2D eigenvalue weighted by atomic mass is 16.6. The third-order valence-corrected chi connectivity index (χ3v) is 3.84. The van der Waals surface area contributed by atoms with E-state index < -0.39 is 11.6 Å². The van der Waals surface area contributed by atoms with Crippen molar-refractivity contribution in [3.8, 4) is 11.5 Å². The average molecular weight is 354 g/mol. The predicted octanol–water partition coefficient (Wildman–Crippen LogP) is 3.03. The van der Waals surface area contributed by atoms with Crippen LogP contribution in [0.15, 0.2) is 57.7 Å². The van der Waals surface area contributed by atoms with Crippen molar-refractivity contribution in [2.45, 2.75) is 13.3 Å². The molecule has 134 valence electrons. The molecule has 6 heteroatoms. The summed E-state index contributed by atoms with van der Waals surface area (Å²) in [5, 5.41) is 10.9. The van der Waals surface area contributed by atoms with Crippen LogP contribution in [-0.2, 0) is 16.0 Å². The van der Waals surface area contributed by atoms with Crippen molar-refractivity contribution in [3.05, 3.63) is 70.1 Å². The summed E-state index contributed by atoms with van der Waals surface area (Å²) < 4.78 is 15.4. The van der Waals surface area contributed by atoms with Gasteiger partial charge in [-0.1, -0.05) is 24.3 Å². The maximum absolute atomic E-state index is 12.2. The smallest absolute Gasteiger partial charge is 0.344 e. The molecule has 1 N–H and O–H groups in total. The molecule has 6 nitrogen and oxygen atoms in total. The summed E-state index contributed by atoms with van der Waals surface area (Å²) in [5.74, 6) is 0.00586. The van der Waals surface area contributed by atoms with Crippen LogP contribution >= 0.6 is 0 Å². The fraction of sp³-hybridized carbons (Fsp3) is 0.200. The van der Waals surface area contributed by atoms with E-state index >= 15 is 0 Å². The van der Waals surface area contributed by atoms with Gasteiger partial charge in [-0.3, -0.25) is 0 Å². The SMILES string of the molecule is CCOC(=O)COc1ccc(Cc2c(O)c3ccccc3oc2=O)cc1. The van der Waals surface area contributed by atoms with Gasteiger partial charge < -0.3 is 19.0 Å². The Balaban J connectivity index is 1.76. The average Bonchev–Trinajstić information content (AvgIpc) is 2.65. The van der Waals surface area contributed by atoms with Crippen LogP contribution in [0.1, 0.15) is 18.1 Å². The molecule has 0 aliphatic heterocycles. The van der Waals surface area contributed by atoms with Crippen LogP contribution in [0.3, 0.4) is 0 Å². The molecule has 0 unspecified atom stereocenters. The fourth-order valence-electron chi connectivity index (χ4n) is 2.58. The minimum atomic E-state index is -0.566. The number of hydrogen-bond donors (Lipinski definition) is 1. The molecule has 0 saturated heterocycles. The van der Waals surface area contributed by atoms with Gasteiger partial charge in [0.2, 0.25) is 0 Å². The van der Waals surface area contributed by atoms with Crippen molar-refractivity contribution >= 4 is 16.9 Å². The Morgan fingerprint density at radius 1 is 1.12 bits per heavy atom. The van der Waals surface area contributed by atoms with Crippen LogP contribution in [0.5, 0.6) is 11.5 Å². The molecule has 0 spiro atoms. The number of carbonyl (C=O) groups excluding carboxylic acids is 1. The first-order chi connectivity index (χ1) is 12.6. The molecule has 0 atom stereocenters. The van der Waals surface area contributed by atoms with Crippen molar-refractivity contribution in [3.63, 3.8) is 0 Å². The van der Waals surface area contributed by atoms with Crippen LogP contribution in [-0.4, -0.2) is 24.3 Å². The van der Waals surface area contributed by atoms with E-state index in [0.29, 0.717) is 23.3 Å². The zero-order valence-electron chi connectivity index (χ0n) is 14.2. The highest BCUT2D eigenvalue weighted by molar-refractivity contribution is 5.84. The molecular weight excluding hydrogens is 336 g/mol. The monoisotopic (exact) mass is 354 g/mol. The van der Waals surface area contributed by atoms with Gasteiger partial charge in [0.05, 0.1) is 17.6 Å². The Labute approximate surface area is 149 Å². The van der Waals surface area contributed by atoms with E-state index in [1.807, 2.05) is 0 Å². The van der Waals surface area contributed by atoms with Gasteiger partial charge in [-0.2, -0.15) is 0 Å². The highest BCUT2D eigenvalue weighted by Crippen LogP contribution is 2.27. The van der Waals surface area contributed by atoms with E-state index in [2.05, 4.69) is 0 Å². The fourth-order valence-corrected chi connectivity index (χ4v) is 2.58. The number of esters is 1. The zero-order valence-corrected chi connectivity index (χ0v) is 14.2. The molecule has 0 fully saturated rings. The minimum Gasteiger partial charge on any atom is -0.507 e. The minimum absolute atomic E-state index is 0.0699. The first kappa shape index (κ1) is 17.5. The van der Waals surface area contributed by atoms with E-state index in [0.717, 1.165) is 5.56 Å². The topological polar surface area (TPSA) is 86.0 Å². The predicted molar refractivity (Wildman–Crippen MR) is 95.5 cm³/mol. The number of fused-ring (bicyclic) bond motifs is 1. The lowest BCUT2D eigenvalue weighted by atomic mass is 10.0. The lowest BCUT2D eigenvalue weighted by Crippen LogP contribution is -2.14. The van der Waals surface area contributed by atoms with E-state index in [-0.39, 0.29) is 24.3 Å². The number of ether oxygens (including phenoxy) is 2. The van der Waals surface area contributed by atoms with Gasteiger partial charge in [0, 0.05) is 6.42 Å². The summed E-state index contributed by atoms with van der Waals surface area (Å²) in [4.78, 5) is 23.4. The van der Waals surface area contributed by atoms with Crippen molar-refractivity contribution in [1.82, 2.24) is 0 Å². The van der Waals surface area contributed by atoms with Gasteiger partial charge in [-0.15, -0.1) is 0 Å². The molecule has 0 aliphatic rings. The molecule has 1 heterocycles. The summed E-state index contributed by atoms with van der Waals surface area (Å²) in [6, 6.07) is 13.7. The Morgan fingerprint density at radius 3 is 2.58 bits per heavy atom. The Kier molecular flexibility index (Phi) is 5.22. The summed E-state index contributed by atoms with van der Waals surface area (Å²) >= 11 is 0. The van der Waals surface area contributed by atoms with Gasteiger partial charge in [-0.25, -0.2) is 9.59 Å². The number of para-hydroxylation sites is 1. The Morgan fingerprint density at radius 2 is 1.85 bits per heavy atom. The molecular formula is C20H18O6. The first-order valence-electron chi connectivity index (χ1n) is 8.19. The van der Waals surface area contributed by atoms with Crippen LogP contribution in [0.4, 0.5) is 0 Å². The van der Waals surface area contributed by atoms with E-state index in [1.165, 1.54) is 0 Å². The molecule has 0 radical (unpaired) electrons. The molecule has 2 aromatic carbocycles. The van der Waals surface area contributed by atoms with Crippen molar-refractivity contribution in [2.24, 2.45) is 0 Å². The van der Waals surface area contributed by atoms with E-state index in [9.17, 15) is 14.7 Å². The van der Waals surface area contributed by atoms with E-state index in [1.54, 1.807) is 55.5 Å². The second kappa shape index (κ2) is 7.74. The maximum atomic E-state index is 12.2. The largest absolute Gasteiger partial charge is 0.507 e. The Hall–Kier alpha value is -3.28. The molecule has 0 bridgehead atoms. The standard InChI is InChI=1S/C20H18O6/c1-2-24-18(21)12-25-14-9-7-13(8-10-14)11-16-19(22)15-5-3-4-6-17(15)26-20(16)23/h3-10,22H,2,11-12H2,1H3. The lowest BCUT2D eigenvalue weighted by Gasteiger charge is -2.08. The third-order valence-electron chi connectivity index (χ3n) is 3.84. The van der Waals surface area contributed by atoms with Crippen molar-refractivity contribution in [1.29, 1.82) is 0 Å². The van der Waals surface area contributed by atoms with Crippen molar-refractivity contribution in [2.75, 3.05) is 13.2 Å². The Bertz CT molecular complexity index is 972. The first-order valence-corrected chi connectivity index (χ1v) is 8.19. The molecule has 0 aliphatic carbocycles. The molecule has 0 amide bonds. The summed E-state index contributed by atoms with van der Waals surface area (Å²) in [7, 11) is 0. The number of rotatable bonds is 6. The molecule has 1 aromatic heterocycles. The number of carbonyl (C=O) groups is 1. The maximum Gasteiger partial charge on any atom is 0.344 e. The van der Waals surface area contributed by atoms with Gasteiger partial charge in [0.1, 0.15) is 17.1 Å². The van der Waals surface area contributed by atoms with Gasteiger partial charge in [0.25, 0.3) is 0 Å². The second-order valence-corrected chi connectivity index (χ2v) is 5.63. The van der Waals surface area contributed by atoms with Crippen LogP contribution < -0.4 is 10.4 Å². The number of hydrogen-bond acceptors (Lipinski definition) is 6. The van der Waals surface area contributed by atoms with Crippen LogP contribution in [0, 0.1) is 0 Å². The second-order valence-electron chi connectivity index (χ2n) is 5.63. The van der Waals surface area contributed by atoms with E-state index in [4.69, 9.17) is 13.9 Å². The van der Waals surface area contributed by atoms with Gasteiger partial charge in [0.15, 0.2) is 6.61 Å². The van der Waals surface area contributed by atoms with Gasteiger partial charge >= 0.3 is 11.6 Å². The van der Waals surface area contributed by atoms with Crippen LogP contribution in [0.25, 0.3) is 11.0 Å². The number of aromatic hydroxyl groups is 1. The lowest BCUT2D eigenvalue weighted by molar-refractivity contribution is -0.145. The zero-order chi connectivity index (χ0) is 18.5. The third kappa shape index (κ3) is 3.85. The highest BCUT2D eigenvalue weighted by Gasteiger charge is 2.14. The number of benzene rings is 2. The quantitative estimate of drug-likeness (QED) is 0.541. The van der Waals surface area contributed by atoms with Crippen LogP contribution in [0.2, 0.25) is 0 Å². The normalized spacial score (nSPS) is 10.7.